The van der Waals surface area contributed by atoms with Crippen LogP contribution in [0.1, 0.15) is 37.1 Å². The summed E-state index contributed by atoms with van der Waals surface area (Å²) in [6, 6.07) is 10.2. The number of hydrogen-bond donors (Lipinski definition) is 0. The van der Waals surface area contributed by atoms with Crippen molar-refractivity contribution in [3.05, 3.63) is 70.2 Å². The smallest absolute Gasteiger partial charge is 0.249 e. The number of rotatable bonds is 7. The number of ketones is 2. The van der Waals surface area contributed by atoms with E-state index in [9.17, 15) is 19.7 Å². The molecule has 0 saturated heterocycles. The summed E-state index contributed by atoms with van der Waals surface area (Å²) in [5, 5.41) is 11.7. The lowest BCUT2D eigenvalue weighted by atomic mass is 9.77. The zero-order valence-corrected chi connectivity index (χ0v) is 12.8. The molecule has 120 valence electrons. The molecule has 0 fully saturated rings. The minimum absolute atomic E-state index is 0.256. The van der Waals surface area contributed by atoms with Gasteiger partial charge in [0.05, 0.1) is 12.2 Å². The second kappa shape index (κ2) is 7.00. The summed E-state index contributed by atoms with van der Waals surface area (Å²) in [7, 11) is 0. The monoisotopic (exact) mass is 315 g/mol. The van der Waals surface area contributed by atoms with Crippen LogP contribution in [0.5, 0.6) is 0 Å². The molecule has 1 heterocycles. The quantitative estimate of drug-likeness (QED) is 0.444. The summed E-state index contributed by atoms with van der Waals surface area (Å²) in [6.07, 6.45) is 1.38. The van der Waals surface area contributed by atoms with Gasteiger partial charge in [0.15, 0.2) is 0 Å². The molecule has 2 unspecified atom stereocenters. The predicted octanol–water partition coefficient (Wildman–Crippen LogP) is 3.18. The fraction of sp³-hybridized carbons (Fsp3) is 0.294. The third-order valence-electron chi connectivity index (χ3n) is 3.82. The maximum absolute atomic E-state index is 12.0. The molecule has 0 radical (unpaired) electrons. The second-order valence-corrected chi connectivity index (χ2v) is 5.38. The van der Waals surface area contributed by atoms with Crippen molar-refractivity contribution in [3.8, 4) is 0 Å². The fourth-order valence-corrected chi connectivity index (χ4v) is 2.89. The average molecular weight is 315 g/mol. The van der Waals surface area contributed by atoms with Crippen molar-refractivity contribution in [2.75, 3.05) is 0 Å². The summed E-state index contributed by atoms with van der Waals surface area (Å²) in [5.41, 5.74) is 0.423. The highest BCUT2D eigenvalue weighted by atomic mass is 16.6. The van der Waals surface area contributed by atoms with Gasteiger partial charge >= 0.3 is 0 Å². The zero-order valence-electron chi connectivity index (χ0n) is 12.8. The summed E-state index contributed by atoms with van der Waals surface area (Å²) < 4.78 is 5.32. The Morgan fingerprint density at radius 1 is 1.04 bits per heavy atom. The van der Waals surface area contributed by atoms with E-state index >= 15 is 0 Å². The van der Waals surface area contributed by atoms with Crippen LogP contribution in [0.15, 0.2) is 53.1 Å². The predicted molar refractivity (Wildman–Crippen MR) is 82.5 cm³/mol. The Labute approximate surface area is 133 Å². The first-order chi connectivity index (χ1) is 10.9. The van der Waals surface area contributed by atoms with E-state index in [2.05, 4.69) is 0 Å². The van der Waals surface area contributed by atoms with E-state index in [0.717, 1.165) is 0 Å². The number of hydrogen-bond acceptors (Lipinski definition) is 5. The molecule has 0 amide bonds. The molecule has 6 heteroatoms. The first-order valence-corrected chi connectivity index (χ1v) is 7.16. The maximum atomic E-state index is 12.0. The number of carbonyl (C=O) groups excluding carboxylic acids is 2. The molecule has 2 atom stereocenters. The van der Waals surface area contributed by atoms with Gasteiger partial charge in [0, 0.05) is 10.5 Å². The SMILES string of the molecule is CC(=O)C(C(C)=O)C(c1ccco1)C(c1ccccc1)[N+](=O)[O-]. The topological polar surface area (TPSA) is 90.4 Å². The summed E-state index contributed by atoms with van der Waals surface area (Å²) in [4.78, 5) is 35.2. The zero-order chi connectivity index (χ0) is 17.0. The van der Waals surface area contributed by atoms with E-state index in [1.165, 1.54) is 20.1 Å². The van der Waals surface area contributed by atoms with E-state index in [4.69, 9.17) is 4.42 Å². The third kappa shape index (κ3) is 3.53. The van der Waals surface area contributed by atoms with Crippen LogP contribution < -0.4 is 0 Å². The molecule has 0 aliphatic rings. The number of Topliss-reactive ketones (excluding diaryl/α,β-unsaturated/α-hetero) is 2. The van der Waals surface area contributed by atoms with E-state index in [0.29, 0.717) is 5.56 Å². The molecule has 2 aromatic rings. The Morgan fingerprint density at radius 3 is 2.09 bits per heavy atom. The van der Waals surface area contributed by atoms with Crippen LogP contribution >= 0.6 is 0 Å². The van der Waals surface area contributed by atoms with Crippen molar-refractivity contribution in [2.45, 2.75) is 25.8 Å². The van der Waals surface area contributed by atoms with Crippen LogP contribution in [0.4, 0.5) is 0 Å². The minimum Gasteiger partial charge on any atom is -0.469 e. The molecule has 0 spiro atoms. The summed E-state index contributed by atoms with van der Waals surface area (Å²) in [6.45, 7) is 2.54. The molecule has 23 heavy (non-hydrogen) atoms. The van der Waals surface area contributed by atoms with Gasteiger partial charge in [-0.15, -0.1) is 0 Å². The standard InChI is InChI=1S/C17H17NO5/c1-11(19)15(12(2)20)16(14-9-6-10-23-14)17(18(21)22)13-7-4-3-5-8-13/h3-10,15-17H,1-2H3. The lowest BCUT2D eigenvalue weighted by Crippen LogP contribution is -2.33. The molecule has 0 aliphatic carbocycles. The van der Waals surface area contributed by atoms with Crippen LogP contribution in [-0.2, 0) is 9.59 Å². The molecule has 6 nitrogen and oxygen atoms in total. The second-order valence-electron chi connectivity index (χ2n) is 5.38. The molecule has 0 N–H and O–H groups in total. The van der Waals surface area contributed by atoms with Crippen molar-refractivity contribution in [1.82, 2.24) is 0 Å². The maximum Gasteiger partial charge on any atom is 0.249 e. The van der Waals surface area contributed by atoms with E-state index in [1.807, 2.05) is 0 Å². The van der Waals surface area contributed by atoms with Gasteiger partial charge in [-0.1, -0.05) is 30.3 Å². The van der Waals surface area contributed by atoms with Gasteiger partial charge in [-0.3, -0.25) is 19.7 Å². The number of carbonyl (C=O) groups is 2. The Morgan fingerprint density at radius 2 is 1.65 bits per heavy atom. The van der Waals surface area contributed by atoms with Gasteiger partial charge in [0.1, 0.15) is 23.2 Å². The molecular formula is C17H17NO5. The van der Waals surface area contributed by atoms with Crippen LogP contribution in [0, 0.1) is 16.0 Å². The molecule has 0 aliphatic heterocycles. The largest absolute Gasteiger partial charge is 0.469 e. The lowest BCUT2D eigenvalue weighted by molar-refractivity contribution is -0.534. The average Bonchev–Trinajstić information content (AvgIpc) is 3.00. The molecule has 1 aromatic carbocycles. The Hall–Kier alpha value is -2.76. The van der Waals surface area contributed by atoms with Gasteiger partial charge < -0.3 is 4.42 Å². The van der Waals surface area contributed by atoms with Gasteiger partial charge in [0.25, 0.3) is 0 Å². The fourth-order valence-electron chi connectivity index (χ4n) is 2.89. The van der Waals surface area contributed by atoms with Crippen LogP contribution in [-0.4, -0.2) is 16.5 Å². The normalized spacial score (nSPS) is 13.5. The minimum atomic E-state index is -1.25. The highest BCUT2D eigenvalue weighted by Gasteiger charge is 2.45. The Kier molecular flexibility index (Phi) is 5.05. The molecule has 2 rings (SSSR count). The van der Waals surface area contributed by atoms with Crippen molar-refractivity contribution in [1.29, 1.82) is 0 Å². The van der Waals surface area contributed by atoms with Gasteiger partial charge in [-0.2, -0.15) is 0 Å². The van der Waals surface area contributed by atoms with Crippen LogP contribution in [0.2, 0.25) is 0 Å². The molecule has 0 bridgehead atoms. The first-order valence-electron chi connectivity index (χ1n) is 7.16. The van der Waals surface area contributed by atoms with E-state index in [1.54, 1.807) is 42.5 Å². The number of furan rings is 1. The highest BCUT2D eigenvalue weighted by Crippen LogP contribution is 2.40. The summed E-state index contributed by atoms with van der Waals surface area (Å²) >= 11 is 0. The Balaban J connectivity index is 2.61. The van der Waals surface area contributed by atoms with Gasteiger partial charge in [-0.05, 0) is 26.0 Å². The Bertz CT molecular complexity index is 679. The first kappa shape index (κ1) is 16.6. The van der Waals surface area contributed by atoms with Crippen LogP contribution in [0.3, 0.4) is 0 Å². The van der Waals surface area contributed by atoms with Gasteiger partial charge in [-0.25, -0.2) is 0 Å². The molecule has 0 saturated carbocycles. The molecular weight excluding hydrogens is 298 g/mol. The number of benzene rings is 1. The molecule has 1 aromatic heterocycles. The van der Waals surface area contributed by atoms with Crippen molar-refractivity contribution >= 4 is 11.6 Å². The number of nitrogens with zero attached hydrogens (tertiary/aromatic N) is 1. The van der Waals surface area contributed by atoms with E-state index in [-0.39, 0.29) is 5.76 Å². The summed E-state index contributed by atoms with van der Waals surface area (Å²) in [5.74, 6) is -2.69. The van der Waals surface area contributed by atoms with Crippen molar-refractivity contribution in [2.24, 2.45) is 5.92 Å². The van der Waals surface area contributed by atoms with E-state index < -0.39 is 34.4 Å². The van der Waals surface area contributed by atoms with Crippen molar-refractivity contribution < 1.29 is 18.9 Å². The lowest BCUT2D eigenvalue weighted by Gasteiger charge is -2.24. The number of nitro groups is 1. The van der Waals surface area contributed by atoms with Crippen molar-refractivity contribution in [3.63, 3.8) is 0 Å². The van der Waals surface area contributed by atoms with Crippen LogP contribution in [0.25, 0.3) is 0 Å². The van der Waals surface area contributed by atoms with Gasteiger partial charge in [0.2, 0.25) is 6.04 Å². The third-order valence-corrected chi connectivity index (χ3v) is 3.82. The highest BCUT2D eigenvalue weighted by molar-refractivity contribution is 6.01.